The number of ether oxygens (including phenoxy) is 1. The first-order valence-electron chi connectivity index (χ1n) is 6.59. The van der Waals surface area contributed by atoms with Crippen molar-refractivity contribution in [1.82, 2.24) is 9.97 Å². The number of nitrogens with zero attached hydrogens (tertiary/aromatic N) is 3. The first-order valence-corrected chi connectivity index (χ1v) is 6.59. The topological polar surface area (TPSA) is 70.5 Å². The molecule has 0 aliphatic heterocycles. The lowest BCUT2D eigenvalue weighted by Gasteiger charge is -2.22. The molecule has 0 spiro atoms. The highest BCUT2D eigenvalue weighted by molar-refractivity contribution is 5.49. The zero-order chi connectivity index (χ0) is 13.8. The smallest absolute Gasteiger partial charge is 0.136 e. The van der Waals surface area contributed by atoms with E-state index in [-0.39, 0.29) is 0 Å². The normalized spacial score (nSPS) is 16.2. The summed E-state index contributed by atoms with van der Waals surface area (Å²) in [5, 5.41) is 12.8. The molecule has 1 saturated carbocycles. The molecule has 1 aromatic rings. The van der Waals surface area contributed by atoms with E-state index in [1.807, 2.05) is 25.1 Å². The highest BCUT2D eigenvalue weighted by atomic mass is 16.5. The van der Waals surface area contributed by atoms with Crippen LogP contribution in [0, 0.1) is 0 Å². The van der Waals surface area contributed by atoms with E-state index in [4.69, 9.17) is 4.74 Å². The summed E-state index contributed by atoms with van der Waals surface area (Å²) in [5.41, 5.74) is 0. The van der Waals surface area contributed by atoms with Crippen molar-refractivity contribution in [1.29, 1.82) is 0 Å². The number of hydrogen-bond acceptors (Lipinski definition) is 6. The van der Waals surface area contributed by atoms with Gasteiger partial charge in [-0.2, -0.15) is 0 Å². The molecule has 1 aliphatic rings. The highest BCUT2D eigenvalue weighted by Crippen LogP contribution is 2.39. The van der Waals surface area contributed by atoms with Crippen LogP contribution in [0.1, 0.15) is 24.6 Å². The molecule has 6 heteroatoms. The molecular formula is C13H22N4O2. The van der Waals surface area contributed by atoms with Crippen LogP contribution >= 0.6 is 0 Å². The van der Waals surface area contributed by atoms with Gasteiger partial charge in [-0.05, 0) is 12.8 Å². The molecule has 0 radical (unpaired) electrons. The third-order valence-electron chi connectivity index (χ3n) is 3.16. The van der Waals surface area contributed by atoms with Crippen LogP contribution < -0.4 is 10.2 Å². The molecule has 2 rings (SSSR count). The summed E-state index contributed by atoms with van der Waals surface area (Å²) in [7, 11) is 5.35. The van der Waals surface area contributed by atoms with Crippen molar-refractivity contribution in [2.75, 3.05) is 44.6 Å². The number of aromatic nitrogens is 2. The van der Waals surface area contributed by atoms with Gasteiger partial charge in [0.05, 0.1) is 12.7 Å². The molecule has 1 fully saturated rings. The third kappa shape index (κ3) is 3.78. The number of aliphatic hydroxyl groups is 1. The Morgan fingerprint density at radius 2 is 2.26 bits per heavy atom. The largest absolute Gasteiger partial charge is 0.389 e. The molecule has 1 unspecified atom stereocenters. The minimum absolute atomic E-state index is 0.323. The van der Waals surface area contributed by atoms with Gasteiger partial charge in [0, 0.05) is 39.7 Å². The Morgan fingerprint density at radius 3 is 2.84 bits per heavy atom. The Balaban J connectivity index is 2.11. The summed E-state index contributed by atoms with van der Waals surface area (Å²) in [5.74, 6) is 3.05. The molecular weight excluding hydrogens is 244 g/mol. The van der Waals surface area contributed by atoms with Gasteiger partial charge in [0.25, 0.3) is 0 Å². The summed E-state index contributed by atoms with van der Waals surface area (Å²) in [6.07, 6.45) is 1.82. The Morgan fingerprint density at radius 1 is 1.53 bits per heavy atom. The second-order valence-corrected chi connectivity index (χ2v) is 4.98. The fraction of sp³-hybridized carbons (Fsp3) is 0.692. The maximum atomic E-state index is 9.77. The van der Waals surface area contributed by atoms with E-state index < -0.39 is 6.10 Å². The molecule has 2 N–H and O–H groups in total. The van der Waals surface area contributed by atoms with E-state index in [9.17, 15) is 5.11 Å². The van der Waals surface area contributed by atoms with Crippen molar-refractivity contribution in [2.24, 2.45) is 0 Å². The van der Waals surface area contributed by atoms with E-state index in [0.29, 0.717) is 19.1 Å². The fourth-order valence-electron chi connectivity index (χ4n) is 1.96. The van der Waals surface area contributed by atoms with Crippen molar-refractivity contribution in [3.63, 3.8) is 0 Å². The monoisotopic (exact) mass is 266 g/mol. The number of likely N-dealkylation sites (N-methyl/N-ethyl adjacent to an activating group) is 1. The number of anilines is 2. The third-order valence-corrected chi connectivity index (χ3v) is 3.16. The van der Waals surface area contributed by atoms with Gasteiger partial charge in [-0.15, -0.1) is 0 Å². The number of nitrogens with one attached hydrogen (secondary N) is 1. The highest BCUT2D eigenvalue weighted by Gasteiger charge is 2.27. The summed E-state index contributed by atoms with van der Waals surface area (Å²) in [6.45, 7) is 0.807. The number of aliphatic hydroxyl groups excluding tert-OH is 1. The lowest BCUT2D eigenvalue weighted by molar-refractivity contribution is 0.0694. The van der Waals surface area contributed by atoms with Gasteiger partial charge in [-0.1, -0.05) is 0 Å². The van der Waals surface area contributed by atoms with Gasteiger partial charge in [0.2, 0.25) is 0 Å². The zero-order valence-corrected chi connectivity index (χ0v) is 11.8. The number of hydrogen-bond donors (Lipinski definition) is 2. The Kier molecular flexibility index (Phi) is 4.55. The SMILES string of the molecule is CNc1cc(N(C)CC(O)COC)nc(C2CC2)n1. The van der Waals surface area contributed by atoms with E-state index in [1.165, 1.54) is 12.8 Å². The van der Waals surface area contributed by atoms with E-state index >= 15 is 0 Å². The molecule has 1 heterocycles. The molecule has 106 valence electrons. The van der Waals surface area contributed by atoms with Crippen LogP contribution in [0.25, 0.3) is 0 Å². The predicted molar refractivity (Wildman–Crippen MR) is 74.7 cm³/mol. The second-order valence-electron chi connectivity index (χ2n) is 4.98. The van der Waals surface area contributed by atoms with Crippen LogP contribution in [0.3, 0.4) is 0 Å². The molecule has 1 atom stereocenters. The lowest BCUT2D eigenvalue weighted by Crippen LogP contribution is -2.32. The van der Waals surface area contributed by atoms with Gasteiger partial charge in [-0.25, -0.2) is 9.97 Å². The van der Waals surface area contributed by atoms with Gasteiger partial charge < -0.3 is 20.1 Å². The van der Waals surface area contributed by atoms with Crippen molar-refractivity contribution in [2.45, 2.75) is 24.9 Å². The van der Waals surface area contributed by atoms with Crippen LogP contribution in [-0.4, -0.2) is 55.5 Å². The number of methoxy groups -OCH3 is 1. The molecule has 19 heavy (non-hydrogen) atoms. The minimum Gasteiger partial charge on any atom is -0.389 e. The predicted octanol–water partition coefficient (Wildman–Crippen LogP) is 0.839. The Hall–Kier alpha value is -1.40. The summed E-state index contributed by atoms with van der Waals surface area (Å²) in [4.78, 5) is 11.0. The average molecular weight is 266 g/mol. The van der Waals surface area contributed by atoms with Crippen LogP contribution in [0.5, 0.6) is 0 Å². The maximum Gasteiger partial charge on any atom is 0.136 e. The second kappa shape index (κ2) is 6.16. The lowest BCUT2D eigenvalue weighted by atomic mass is 10.3. The fourth-order valence-corrected chi connectivity index (χ4v) is 1.96. The van der Waals surface area contributed by atoms with E-state index in [2.05, 4.69) is 15.3 Å². The molecule has 0 amide bonds. The first-order chi connectivity index (χ1) is 9.13. The maximum absolute atomic E-state index is 9.77. The standard InChI is InChI=1S/C13H22N4O2/c1-14-11-6-12(16-13(15-11)9-4-5-9)17(2)7-10(18)8-19-3/h6,9-10,18H,4-5,7-8H2,1-3H3,(H,14,15,16). The minimum atomic E-state index is -0.521. The first kappa shape index (κ1) is 14.0. The average Bonchev–Trinajstić information content (AvgIpc) is 3.22. The van der Waals surface area contributed by atoms with Crippen LogP contribution in [0.2, 0.25) is 0 Å². The summed E-state index contributed by atoms with van der Waals surface area (Å²) in [6, 6.07) is 1.89. The van der Waals surface area contributed by atoms with E-state index in [1.54, 1.807) is 7.11 Å². The quantitative estimate of drug-likeness (QED) is 0.762. The van der Waals surface area contributed by atoms with Crippen LogP contribution in [0.4, 0.5) is 11.6 Å². The molecule has 6 nitrogen and oxygen atoms in total. The van der Waals surface area contributed by atoms with Crippen molar-refractivity contribution in [3.05, 3.63) is 11.9 Å². The summed E-state index contributed by atoms with van der Waals surface area (Å²) >= 11 is 0. The van der Waals surface area contributed by atoms with Gasteiger partial charge >= 0.3 is 0 Å². The Bertz CT molecular complexity index is 423. The molecule has 0 bridgehead atoms. The van der Waals surface area contributed by atoms with Crippen molar-refractivity contribution < 1.29 is 9.84 Å². The van der Waals surface area contributed by atoms with Gasteiger partial charge in [0.1, 0.15) is 17.5 Å². The zero-order valence-electron chi connectivity index (χ0n) is 11.8. The van der Waals surface area contributed by atoms with Crippen LogP contribution in [0.15, 0.2) is 6.07 Å². The molecule has 1 aliphatic carbocycles. The molecule has 1 aromatic heterocycles. The molecule has 0 aromatic carbocycles. The van der Waals surface area contributed by atoms with Crippen molar-refractivity contribution >= 4 is 11.6 Å². The van der Waals surface area contributed by atoms with Crippen LogP contribution in [-0.2, 0) is 4.74 Å². The molecule has 0 saturated heterocycles. The Labute approximate surface area is 113 Å². The van der Waals surface area contributed by atoms with E-state index in [0.717, 1.165) is 17.5 Å². The van der Waals surface area contributed by atoms with Gasteiger partial charge in [0.15, 0.2) is 0 Å². The summed E-state index contributed by atoms with van der Waals surface area (Å²) < 4.78 is 4.94. The van der Waals surface area contributed by atoms with Gasteiger partial charge in [-0.3, -0.25) is 0 Å². The van der Waals surface area contributed by atoms with Crippen molar-refractivity contribution in [3.8, 4) is 0 Å². The number of rotatable bonds is 7.